The van der Waals surface area contributed by atoms with Crippen LogP contribution in [0.2, 0.25) is 18.1 Å². The fraction of sp³-hybridized carbons (Fsp3) is 0.652. The van der Waals surface area contributed by atoms with Crippen molar-refractivity contribution in [2.75, 3.05) is 0 Å². The quantitative estimate of drug-likeness (QED) is 0.321. The van der Waals surface area contributed by atoms with Gasteiger partial charge in [0, 0.05) is 5.92 Å². The molecule has 0 heterocycles. The van der Waals surface area contributed by atoms with Crippen molar-refractivity contribution in [3.63, 3.8) is 0 Å². The molecule has 0 fully saturated rings. The van der Waals surface area contributed by atoms with Crippen LogP contribution in [-0.2, 0) is 14.0 Å². The lowest BCUT2D eigenvalue weighted by atomic mass is 9.87. The molecule has 0 unspecified atom stereocenters. The summed E-state index contributed by atoms with van der Waals surface area (Å²) in [6.07, 6.45) is 0.0166. The molecule has 0 saturated heterocycles. The van der Waals surface area contributed by atoms with Gasteiger partial charge >= 0.3 is 5.97 Å². The Bertz CT molecular complexity index is 604. The second-order valence-corrected chi connectivity index (χ2v) is 12.5. The Kier molecular flexibility index (Phi) is 10.1. The molecule has 0 spiro atoms. The number of hydrogen-bond donors (Lipinski definition) is 0. The molecule has 4 atom stereocenters. The van der Waals surface area contributed by atoms with Crippen LogP contribution in [0.25, 0.3) is 0 Å². The van der Waals surface area contributed by atoms with E-state index in [0.29, 0.717) is 5.56 Å². The molecule has 0 bridgehead atoms. The van der Waals surface area contributed by atoms with Crippen LogP contribution in [0.1, 0.15) is 65.2 Å². The standard InChI is InChI=1S/C23H38O4Si/c1-8-17(5)22(27-28(9-2,10-3)11-4)18(6)21(24)19(7)26-23(25)20-15-13-12-14-16-20/h12-19,22H,8-11H2,1-7H3/t17-,18-,19-,22+/m0/s1. The zero-order chi connectivity index (χ0) is 21.3. The lowest BCUT2D eigenvalue weighted by Crippen LogP contribution is -2.47. The fourth-order valence-corrected chi connectivity index (χ4v) is 6.64. The number of esters is 1. The van der Waals surface area contributed by atoms with Crippen LogP contribution in [0.15, 0.2) is 30.3 Å². The van der Waals surface area contributed by atoms with Crippen molar-refractivity contribution >= 4 is 20.1 Å². The maximum absolute atomic E-state index is 13.1. The molecule has 4 nitrogen and oxygen atoms in total. The predicted molar refractivity (Wildman–Crippen MR) is 117 cm³/mol. The molecule has 0 aliphatic carbocycles. The second-order valence-electron chi connectivity index (χ2n) is 7.82. The molecule has 1 aromatic rings. The highest BCUT2D eigenvalue weighted by atomic mass is 28.4. The van der Waals surface area contributed by atoms with Crippen molar-refractivity contribution in [1.82, 2.24) is 0 Å². The van der Waals surface area contributed by atoms with Crippen LogP contribution in [-0.4, -0.2) is 32.3 Å². The van der Waals surface area contributed by atoms with E-state index in [4.69, 9.17) is 9.16 Å². The molecular formula is C23H38O4Si. The van der Waals surface area contributed by atoms with E-state index in [1.54, 1.807) is 31.2 Å². The van der Waals surface area contributed by atoms with Crippen LogP contribution >= 0.6 is 0 Å². The van der Waals surface area contributed by atoms with E-state index in [9.17, 15) is 9.59 Å². The average molecular weight is 407 g/mol. The van der Waals surface area contributed by atoms with Gasteiger partial charge in [-0.15, -0.1) is 0 Å². The summed E-state index contributed by atoms with van der Waals surface area (Å²) in [7, 11) is -1.85. The summed E-state index contributed by atoms with van der Waals surface area (Å²) >= 11 is 0. The molecule has 0 radical (unpaired) electrons. The van der Waals surface area contributed by atoms with Gasteiger partial charge in [0.05, 0.1) is 11.7 Å². The lowest BCUT2D eigenvalue weighted by molar-refractivity contribution is -0.134. The van der Waals surface area contributed by atoms with Crippen molar-refractivity contribution < 1.29 is 18.8 Å². The molecule has 28 heavy (non-hydrogen) atoms. The first-order chi connectivity index (χ1) is 13.2. The highest BCUT2D eigenvalue weighted by molar-refractivity contribution is 6.73. The van der Waals surface area contributed by atoms with Gasteiger partial charge in [0.15, 0.2) is 20.2 Å². The Balaban J connectivity index is 2.93. The van der Waals surface area contributed by atoms with Crippen LogP contribution in [0.3, 0.4) is 0 Å². The minimum Gasteiger partial charge on any atom is -0.451 e. The maximum atomic E-state index is 13.1. The number of hydrogen-bond acceptors (Lipinski definition) is 4. The average Bonchev–Trinajstić information content (AvgIpc) is 2.74. The highest BCUT2D eigenvalue weighted by Crippen LogP contribution is 2.31. The SMILES string of the molecule is CC[C@H](C)[C@@H](O[Si](CC)(CC)CC)[C@@H](C)C(=O)[C@H](C)OC(=O)c1ccccc1. The van der Waals surface area contributed by atoms with E-state index in [1.165, 1.54) is 0 Å². The Hall–Kier alpha value is -1.46. The van der Waals surface area contributed by atoms with E-state index < -0.39 is 20.4 Å². The Labute approximate surface area is 172 Å². The first-order valence-electron chi connectivity index (χ1n) is 10.7. The number of carbonyl (C=O) groups is 2. The van der Waals surface area contributed by atoms with E-state index in [-0.39, 0.29) is 23.7 Å². The summed E-state index contributed by atoms with van der Waals surface area (Å²) in [5.41, 5.74) is 0.457. The summed E-state index contributed by atoms with van der Waals surface area (Å²) in [4.78, 5) is 25.4. The smallest absolute Gasteiger partial charge is 0.338 e. The van der Waals surface area contributed by atoms with Crippen LogP contribution in [0.5, 0.6) is 0 Å². The van der Waals surface area contributed by atoms with Gasteiger partial charge < -0.3 is 9.16 Å². The minimum atomic E-state index is -1.85. The Morgan fingerprint density at radius 3 is 1.93 bits per heavy atom. The van der Waals surface area contributed by atoms with Gasteiger partial charge in [-0.05, 0) is 43.1 Å². The maximum Gasteiger partial charge on any atom is 0.338 e. The second kappa shape index (κ2) is 11.5. The monoisotopic (exact) mass is 406 g/mol. The predicted octanol–water partition coefficient (Wildman–Crippen LogP) is 5.87. The van der Waals surface area contributed by atoms with Gasteiger partial charge in [0.1, 0.15) is 0 Å². The summed E-state index contributed by atoms with van der Waals surface area (Å²) in [6.45, 7) is 14.5. The van der Waals surface area contributed by atoms with Gasteiger partial charge in [-0.25, -0.2) is 4.79 Å². The molecule has 5 heteroatoms. The van der Waals surface area contributed by atoms with Crippen molar-refractivity contribution in [2.45, 2.75) is 85.2 Å². The molecule has 0 aliphatic rings. The Morgan fingerprint density at radius 1 is 0.929 bits per heavy atom. The topological polar surface area (TPSA) is 52.6 Å². The van der Waals surface area contributed by atoms with E-state index in [0.717, 1.165) is 24.6 Å². The van der Waals surface area contributed by atoms with Gasteiger partial charge in [0.2, 0.25) is 0 Å². The van der Waals surface area contributed by atoms with Gasteiger partial charge in [-0.2, -0.15) is 0 Å². The molecule has 1 rings (SSSR count). The summed E-state index contributed by atoms with van der Waals surface area (Å²) < 4.78 is 12.2. The summed E-state index contributed by atoms with van der Waals surface area (Å²) in [5.74, 6) is -0.576. The first kappa shape index (κ1) is 24.6. The van der Waals surface area contributed by atoms with Crippen molar-refractivity contribution in [2.24, 2.45) is 11.8 Å². The van der Waals surface area contributed by atoms with Gasteiger partial charge in [0.25, 0.3) is 0 Å². The van der Waals surface area contributed by atoms with Crippen LogP contribution in [0, 0.1) is 11.8 Å². The molecule has 158 valence electrons. The Morgan fingerprint density at radius 2 is 1.46 bits per heavy atom. The summed E-state index contributed by atoms with van der Waals surface area (Å²) in [5, 5.41) is 0. The number of carbonyl (C=O) groups excluding carboxylic acids is 2. The fourth-order valence-electron chi connectivity index (χ4n) is 3.63. The van der Waals surface area contributed by atoms with Crippen molar-refractivity contribution in [3.8, 4) is 0 Å². The van der Waals surface area contributed by atoms with Gasteiger partial charge in [-0.3, -0.25) is 4.79 Å². The zero-order valence-corrected chi connectivity index (χ0v) is 19.7. The van der Waals surface area contributed by atoms with E-state index in [2.05, 4.69) is 34.6 Å². The molecule has 0 N–H and O–H groups in total. The molecular weight excluding hydrogens is 368 g/mol. The third-order valence-electron chi connectivity index (χ3n) is 6.16. The minimum absolute atomic E-state index is 0.0687. The zero-order valence-electron chi connectivity index (χ0n) is 18.7. The molecule has 0 aliphatic heterocycles. The normalized spacial score (nSPS) is 16.1. The molecule has 0 amide bonds. The number of rotatable bonds is 12. The molecule has 1 aromatic carbocycles. The first-order valence-corrected chi connectivity index (χ1v) is 13.3. The lowest BCUT2D eigenvalue weighted by Gasteiger charge is -2.38. The van der Waals surface area contributed by atoms with Crippen molar-refractivity contribution in [1.29, 1.82) is 0 Å². The number of Topliss-reactive ketones (excluding diaryl/α,β-unsaturated/α-hetero) is 1. The molecule has 0 saturated carbocycles. The highest BCUT2D eigenvalue weighted by Gasteiger charge is 2.39. The largest absolute Gasteiger partial charge is 0.451 e. The van der Waals surface area contributed by atoms with Crippen LogP contribution < -0.4 is 0 Å². The number of ketones is 1. The van der Waals surface area contributed by atoms with Crippen LogP contribution in [0.4, 0.5) is 0 Å². The van der Waals surface area contributed by atoms with Crippen molar-refractivity contribution in [3.05, 3.63) is 35.9 Å². The van der Waals surface area contributed by atoms with E-state index >= 15 is 0 Å². The number of benzene rings is 1. The van der Waals surface area contributed by atoms with E-state index in [1.807, 2.05) is 13.0 Å². The summed E-state index contributed by atoms with van der Waals surface area (Å²) in [6, 6.07) is 11.9. The van der Waals surface area contributed by atoms with Gasteiger partial charge in [-0.1, -0.05) is 66.2 Å². The third kappa shape index (κ3) is 6.28. The number of ether oxygens (including phenoxy) is 1. The molecule has 0 aromatic heterocycles. The third-order valence-corrected chi connectivity index (χ3v) is 10.8.